The van der Waals surface area contributed by atoms with Gasteiger partial charge in [0.2, 0.25) is 0 Å². The van der Waals surface area contributed by atoms with Crippen LogP contribution in [-0.4, -0.2) is 55.7 Å². The Balaban J connectivity index is 1.61. The molecule has 1 aliphatic heterocycles. The zero-order chi connectivity index (χ0) is 22.0. The molecule has 0 spiro atoms. The Kier molecular flexibility index (Phi) is 6.30. The second kappa shape index (κ2) is 8.97. The van der Waals surface area contributed by atoms with Crippen molar-refractivity contribution in [1.82, 2.24) is 9.88 Å². The second-order valence-electron chi connectivity index (χ2n) is 8.84. The van der Waals surface area contributed by atoms with E-state index < -0.39 is 5.41 Å². The van der Waals surface area contributed by atoms with Gasteiger partial charge >= 0.3 is 5.97 Å². The molecule has 3 heterocycles. The molecule has 0 bridgehead atoms. The van der Waals surface area contributed by atoms with E-state index in [2.05, 4.69) is 58.5 Å². The fourth-order valence-electron chi connectivity index (χ4n) is 4.25. The summed E-state index contributed by atoms with van der Waals surface area (Å²) in [7, 11) is 1.44. The SMILES string of the molecule is CCN1CCN(c2nc(-c3ccc(CC(C)(C)C(=O)OC)cc3)cc3ccsc23)CC1. The average molecular weight is 438 g/mol. The molecule has 1 fully saturated rings. The molecule has 0 amide bonds. The summed E-state index contributed by atoms with van der Waals surface area (Å²) in [5.74, 6) is 0.920. The highest BCUT2D eigenvalue weighted by Crippen LogP contribution is 2.34. The third-order valence-corrected chi connectivity index (χ3v) is 7.10. The molecule has 0 unspecified atom stereocenters. The number of rotatable bonds is 6. The van der Waals surface area contributed by atoms with Crippen molar-refractivity contribution in [3.8, 4) is 11.3 Å². The highest BCUT2D eigenvalue weighted by atomic mass is 32.1. The van der Waals surface area contributed by atoms with Gasteiger partial charge in [-0.25, -0.2) is 4.98 Å². The molecule has 164 valence electrons. The molecule has 6 heteroatoms. The molecule has 0 radical (unpaired) electrons. The first-order chi connectivity index (χ1) is 14.9. The minimum absolute atomic E-state index is 0.186. The largest absolute Gasteiger partial charge is 0.469 e. The number of hydrogen-bond donors (Lipinski definition) is 0. The summed E-state index contributed by atoms with van der Waals surface area (Å²) in [6, 6.07) is 12.8. The van der Waals surface area contributed by atoms with E-state index in [1.54, 1.807) is 11.3 Å². The van der Waals surface area contributed by atoms with Crippen LogP contribution in [0.15, 0.2) is 41.8 Å². The fraction of sp³-hybridized carbons (Fsp3) is 0.440. The maximum absolute atomic E-state index is 12.0. The van der Waals surface area contributed by atoms with E-state index in [4.69, 9.17) is 9.72 Å². The molecule has 2 aromatic heterocycles. The number of esters is 1. The zero-order valence-corrected chi connectivity index (χ0v) is 19.7. The number of thiophene rings is 1. The highest BCUT2D eigenvalue weighted by Gasteiger charge is 2.29. The number of methoxy groups -OCH3 is 1. The van der Waals surface area contributed by atoms with Crippen molar-refractivity contribution in [2.45, 2.75) is 27.2 Å². The Labute approximate surface area is 188 Å². The molecule has 1 saturated heterocycles. The molecule has 0 atom stereocenters. The van der Waals surface area contributed by atoms with E-state index in [0.29, 0.717) is 6.42 Å². The number of piperazine rings is 1. The van der Waals surface area contributed by atoms with Crippen molar-refractivity contribution >= 4 is 33.2 Å². The first kappa shape index (κ1) is 21.8. The molecule has 4 rings (SSSR count). The third kappa shape index (κ3) is 4.60. The van der Waals surface area contributed by atoms with Crippen LogP contribution < -0.4 is 4.90 Å². The van der Waals surface area contributed by atoms with Crippen molar-refractivity contribution < 1.29 is 9.53 Å². The lowest BCUT2D eigenvalue weighted by Crippen LogP contribution is -2.46. The van der Waals surface area contributed by atoms with Crippen LogP contribution in [0.3, 0.4) is 0 Å². The van der Waals surface area contributed by atoms with Crippen LogP contribution in [0.25, 0.3) is 21.3 Å². The number of likely N-dealkylation sites (N-methyl/N-ethyl adjacent to an activating group) is 1. The molecule has 1 aliphatic rings. The van der Waals surface area contributed by atoms with Gasteiger partial charge in [0.1, 0.15) is 5.82 Å². The second-order valence-corrected chi connectivity index (χ2v) is 9.76. The van der Waals surface area contributed by atoms with Gasteiger partial charge in [-0.3, -0.25) is 4.79 Å². The molecule has 0 aliphatic carbocycles. The van der Waals surface area contributed by atoms with E-state index in [-0.39, 0.29) is 5.97 Å². The molecule has 5 nitrogen and oxygen atoms in total. The molecular weight excluding hydrogens is 406 g/mol. The topological polar surface area (TPSA) is 45.7 Å². The molecule has 31 heavy (non-hydrogen) atoms. The number of hydrogen-bond acceptors (Lipinski definition) is 6. The molecule has 0 N–H and O–H groups in total. The molecule has 3 aromatic rings. The first-order valence-electron chi connectivity index (χ1n) is 10.9. The van der Waals surface area contributed by atoms with Gasteiger partial charge in [0.05, 0.1) is 22.9 Å². The van der Waals surface area contributed by atoms with E-state index in [0.717, 1.165) is 55.4 Å². The summed E-state index contributed by atoms with van der Waals surface area (Å²) in [6.45, 7) is 11.4. The Bertz CT molecular complexity index is 1050. The van der Waals surface area contributed by atoms with E-state index in [1.165, 1.54) is 17.2 Å². The quantitative estimate of drug-likeness (QED) is 0.516. The van der Waals surface area contributed by atoms with E-state index in [1.807, 2.05) is 13.8 Å². The van der Waals surface area contributed by atoms with Crippen molar-refractivity contribution in [2.24, 2.45) is 5.41 Å². The van der Waals surface area contributed by atoms with Gasteiger partial charge in [0, 0.05) is 31.7 Å². The van der Waals surface area contributed by atoms with Crippen molar-refractivity contribution in [3.05, 3.63) is 47.3 Å². The standard InChI is InChI=1S/C25H31N3O2S/c1-5-27-11-13-28(14-12-27)23-22-20(10-15-31-22)16-21(26-23)19-8-6-18(7-9-19)17-25(2,3)24(29)30-4/h6-10,15-16H,5,11-14,17H2,1-4H3. The van der Waals surface area contributed by atoms with Gasteiger partial charge in [-0.05, 0) is 55.3 Å². The third-order valence-electron chi connectivity index (χ3n) is 6.17. The summed E-state index contributed by atoms with van der Waals surface area (Å²) in [5.41, 5.74) is 2.67. The van der Waals surface area contributed by atoms with Crippen LogP contribution in [-0.2, 0) is 16.0 Å². The lowest BCUT2D eigenvalue weighted by atomic mass is 9.85. The van der Waals surface area contributed by atoms with Crippen LogP contribution in [0, 0.1) is 5.41 Å². The number of ether oxygens (including phenoxy) is 1. The lowest BCUT2D eigenvalue weighted by Gasteiger charge is -2.35. The van der Waals surface area contributed by atoms with Crippen molar-refractivity contribution in [2.75, 3.05) is 44.7 Å². The number of aromatic nitrogens is 1. The highest BCUT2D eigenvalue weighted by molar-refractivity contribution is 7.17. The molecular formula is C25H31N3O2S. The van der Waals surface area contributed by atoms with E-state index >= 15 is 0 Å². The summed E-state index contributed by atoms with van der Waals surface area (Å²) >= 11 is 1.77. The average Bonchev–Trinajstić information content (AvgIpc) is 3.27. The van der Waals surface area contributed by atoms with Crippen LogP contribution in [0.1, 0.15) is 26.3 Å². The van der Waals surface area contributed by atoms with Crippen molar-refractivity contribution in [1.29, 1.82) is 0 Å². The Morgan fingerprint density at radius 3 is 2.48 bits per heavy atom. The summed E-state index contributed by atoms with van der Waals surface area (Å²) in [5, 5.41) is 3.40. The minimum atomic E-state index is -0.544. The molecule has 1 aromatic carbocycles. The zero-order valence-electron chi connectivity index (χ0n) is 18.9. The Morgan fingerprint density at radius 2 is 1.84 bits per heavy atom. The summed E-state index contributed by atoms with van der Waals surface area (Å²) in [6.07, 6.45) is 0.643. The number of carbonyl (C=O) groups excluding carboxylic acids is 1. The Hall–Kier alpha value is -2.44. The Morgan fingerprint density at radius 1 is 1.13 bits per heavy atom. The van der Waals surface area contributed by atoms with Gasteiger partial charge in [-0.2, -0.15) is 0 Å². The van der Waals surface area contributed by atoms with Gasteiger partial charge in [0.25, 0.3) is 0 Å². The van der Waals surface area contributed by atoms with E-state index in [9.17, 15) is 4.79 Å². The minimum Gasteiger partial charge on any atom is -0.469 e. The molecule has 0 saturated carbocycles. The number of benzene rings is 1. The number of fused-ring (bicyclic) bond motifs is 1. The van der Waals surface area contributed by atoms with Gasteiger partial charge in [0.15, 0.2) is 0 Å². The van der Waals surface area contributed by atoms with Crippen LogP contribution in [0.5, 0.6) is 0 Å². The number of nitrogens with zero attached hydrogens (tertiary/aromatic N) is 3. The normalized spacial score (nSPS) is 15.4. The van der Waals surface area contributed by atoms with Gasteiger partial charge in [-0.15, -0.1) is 11.3 Å². The number of pyridine rings is 1. The maximum atomic E-state index is 12.0. The maximum Gasteiger partial charge on any atom is 0.311 e. The predicted molar refractivity (Wildman–Crippen MR) is 129 cm³/mol. The monoisotopic (exact) mass is 437 g/mol. The lowest BCUT2D eigenvalue weighted by molar-refractivity contribution is -0.150. The van der Waals surface area contributed by atoms with Gasteiger partial charge in [-0.1, -0.05) is 31.2 Å². The van der Waals surface area contributed by atoms with Crippen LogP contribution >= 0.6 is 11.3 Å². The smallest absolute Gasteiger partial charge is 0.311 e. The van der Waals surface area contributed by atoms with Crippen molar-refractivity contribution in [3.63, 3.8) is 0 Å². The first-order valence-corrected chi connectivity index (χ1v) is 11.8. The van der Waals surface area contributed by atoms with Crippen LogP contribution in [0.4, 0.5) is 5.82 Å². The summed E-state index contributed by atoms with van der Waals surface area (Å²) < 4.78 is 6.21. The predicted octanol–water partition coefficient (Wildman–Crippen LogP) is 4.85. The summed E-state index contributed by atoms with van der Waals surface area (Å²) in [4.78, 5) is 22.0. The van der Waals surface area contributed by atoms with Crippen LogP contribution in [0.2, 0.25) is 0 Å². The fourth-order valence-corrected chi connectivity index (χ4v) is 5.14. The van der Waals surface area contributed by atoms with Gasteiger partial charge < -0.3 is 14.5 Å². The number of carbonyl (C=O) groups is 1. The number of anilines is 1.